The van der Waals surface area contributed by atoms with E-state index in [1.807, 2.05) is 32.0 Å². The van der Waals surface area contributed by atoms with Crippen molar-refractivity contribution in [3.63, 3.8) is 0 Å². The number of hydrogen-bond acceptors (Lipinski definition) is 2. The van der Waals surface area contributed by atoms with Crippen molar-refractivity contribution in [2.24, 2.45) is 0 Å². The highest BCUT2D eigenvalue weighted by Gasteiger charge is 2.10. The first-order valence-corrected chi connectivity index (χ1v) is 6.05. The maximum atomic E-state index is 11.6. The monoisotopic (exact) mass is 240 g/mol. The largest absolute Gasteiger partial charge is 0.462 e. The van der Waals surface area contributed by atoms with Crippen molar-refractivity contribution in [3.8, 4) is 0 Å². The second-order valence-electron chi connectivity index (χ2n) is 3.66. The molecule has 0 heterocycles. The Kier molecular flexibility index (Phi) is 5.33. The molecular formula is C13H17ClO2. The molecule has 0 fully saturated rings. The van der Waals surface area contributed by atoms with Gasteiger partial charge in [0.05, 0.1) is 12.2 Å². The molecule has 88 valence electrons. The van der Waals surface area contributed by atoms with Gasteiger partial charge in [-0.15, -0.1) is 11.6 Å². The SMILES string of the molecule is CCOC(=O)c1cc(CCCCl)ccc1C. The first kappa shape index (κ1) is 13.0. The molecule has 0 amide bonds. The maximum absolute atomic E-state index is 11.6. The number of hydrogen-bond donors (Lipinski definition) is 0. The van der Waals surface area contributed by atoms with E-state index in [1.165, 1.54) is 0 Å². The van der Waals surface area contributed by atoms with Crippen LogP contribution in [0.3, 0.4) is 0 Å². The Bertz CT molecular complexity index is 361. The van der Waals surface area contributed by atoms with Gasteiger partial charge in [0, 0.05) is 5.88 Å². The fourth-order valence-electron chi connectivity index (χ4n) is 1.52. The van der Waals surface area contributed by atoms with Crippen molar-refractivity contribution < 1.29 is 9.53 Å². The average Bonchev–Trinajstić information content (AvgIpc) is 2.28. The standard InChI is InChI=1S/C13H17ClO2/c1-3-16-13(15)12-9-11(5-4-8-14)7-6-10(12)2/h6-7,9H,3-5,8H2,1-2H3. The van der Waals surface area contributed by atoms with Crippen LogP contribution in [0.2, 0.25) is 0 Å². The minimum atomic E-state index is -0.243. The predicted octanol–water partition coefficient (Wildman–Crippen LogP) is 3.34. The van der Waals surface area contributed by atoms with Crippen LogP contribution in [0.4, 0.5) is 0 Å². The van der Waals surface area contributed by atoms with Crippen LogP contribution in [-0.4, -0.2) is 18.5 Å². The highest BCUT2D eigenvalue weighted by Crippen LogP contribution is 2.14. The van der Waals surface area contributed by atoms with E-state index in [0.29, 0.717) is 18.1 Å². The van der Waals surface area contributed by atoms with E-state index in [1.54, 1.807) is 0 Å². The molecule has 0 aliphatic heterocycles. The number of carbonyl (C=O) groups excluding carboxylic acids is 1. The highest BCUT2D eigenvalue weighted by atomic mass is 35.5. The fraction of sp³-hybridized carbons (Fsp3) is 0.462. The molecule has 1 aromatic rings. The minimum Gasteiger partial charge on any atom is -0.462 e. The first-order valence-electron chi connectivity index (χ1n) is 5.51. The van der Waals surface area contributed by atoms with Crippen molar-refractivity contribution in [2.75, 3.05) is 12.5 Å². The normalized spacial score (nSPS) is 10.2. The van der Waals surface area contributed by atoms with E-state index in [0.717, 1.165) is 24.0 Å². The topological polar surface area (TPSA) is 26.3 Å². The molecule has 3 heteroatoms. The lowest BCUT2D eigenvalue weighted by molar-refractivity contribution is 0.0525. The molecule has 0 spiro atoms. The molecule has 1 aromatic carbocycles. The maximum Gasteiger partial charge on any atom is 0.338 e. The zero-order valence-electron chi connectivity index (χ0n) is 9.75. The third kappa shape index (κ3) is 3.53. The Morgan fingerprint density at radius 1 is 1.44 bits per heavy atom. The zero-order chi connectivity index (χ0) is 12.0. The first-order chi connectivity index (χ1) is 7.69. The summed E-state index contributed by atoms with van der Waals surface area (Å²) >= 11 is 5.64. The van der Waals surface area contributed by atoms with E-state index >= 15 is 0 Å². The van der Waals surface area contributed by atoms with Gasteiger partial charge in [-0.2, -0.15) is 0 Å². The van der Waals surface area contributed by atoms with Crippen molar-refractivity contribution >= 4 is 17.6 Å². The summed E-state index contributed by atoms with van der Waals surface area (Å²) in [4.78, 5) is 11.6. The van der Waals surface area contributed by atoms with Gasteiger partial charge < -0.3 is 4.74 Å². The summed E-state index contributed by atoms with van der Waals surface area (Å²) in [6.45, 7) is 4.13. The second-order valence-corrected chi connectivity index (χ2v) is 4.04. The van der Waals surface area contributed by atoms with Crippen molar-refractivity contribution in [3.05, 3.63) is 34.9 Å². The number of carbonyl (C=O) groups is 1. The number of alkyl halides is 1. The van der Waals surface area contributed by atoms with Crippen LogP contribution in [0.25, 0.3) is 0 Å². The van der Waals surface area contributed by atoms with Crippen molar-refractivity contribution in [2.45, 2.75) is 26.7 Å². The van der Waals surface area contributed by atoms with Crippen LogP contribution in [0.15, 0.2) is 18.2 Å². The Labute approximate surface area is 102 Å². The van der Waals surface area contributed by atoms with Gasteiger partial charge in [-0.25, -0.2) is 4.79 Å². The Morgan fingerprint density at radius 2 is 2.19 bits per heavy atom. The summed E-state index contributed by atoms with van der Waals surface area (Å²) in [5.41, 5.74) is 2.75. The van der Waals surface area contributed by atoms with Gasteiger partial charge in [-0.3, -0.25) is 0 Å². The average molecular weight is 241 g/mol. The van der Waals surface area contributed by atoms with E-state index in [-0.39, 0.29) is 5.97 Å². The molecule has 0 aliphatic rings. The summed E-state index contributed by atoms with van der Waals surface area (Å²) in [5, 5.41) is 0. The molecule has 1 rings (SSSR count). The quantitative estimate of drug-likeness (QED) is 0.583. The molecule has 2 nitrogen and oxygen atoms in total. The van der Waals surface area contributed by atoms with Gasteiger partial charge in [0.25, 0.3) is 0 Å². The molecule has 0 aromatic heterocycles. The molecule has 0 N–H and O–H groups in total. The molecule has 0 saturated carbocycles. The van der Waals surface area contributed by atoms with Gasteiger partial charge >= 0.3 is 5.97 Å². The van der Waals surface area contributed by atoms with E-state index < -0.39 is 0 Å². The molecular weight excluding hydrogens is 224 g/mol. The van der Waals surface area contributed by atoms with E-state index in [9.17, 15) is 4.79 Å². The second kappa shape index (κ2) is 6.54. The van der Waals surface area contributed by atoms with E-state index in [2.05, 4.69) is 0 Å². The van der Waals surface area contributed by atoms with E-state index in [4.69, 9.17) is 16.3 Å². The molecule has 0 bridgehead atoms. The third-order valence-corrected chi connectivity index (χ3v) is 2.66. The lowest BCUT2D eigenvalue weighted by Gasteiger charge is -2.07. The Morgan fingerprint density at radius 3 is 2.81 bits per heavy atom. The molecule has 0 radical (unpaired) electrons. The third-order valence-electron chi connectivity index (χ3n) is 2.40. The van der Waals surface area contributed by atoms with Gasteiger partial charge in [-0.05, 0) is 43.9 Å². The minimum absolute atomic E-state index is 0.243. The number of aryl methyl sites for hydroxylation is 2. The predicted molar refractivity (Wildman–Crippen MR) is 66.2 cm³/mol. The molecule has 0 atom stereocenters. The number of rotatable bonds is 5. The number of ether oxygens (including phenoxy) is 1. The molecule has 0 aliphatic carbocycles. The van der Waals surface area contributed by atoms with Crippen LogP contribution >= 0.6 is 11.6 Å². The van der Waals surface area contributed by atoms with Gasteiger partial charge in [0.1, 0.15) is 0 Å². The fourth-order valence-corrected chi connectivity index (χ4v) is 1.66. The Balaban J connectivity index is 2.85. The zero-order valence-corrected chi connectivity index (χ0v) is 10.5. The summed E-state index contributed by atoms with van der Waals surface area (Å²) in [6, 6.07) is 5.89. The van der Waals surface area contributed by atoms with Crippen molar-refractivity contribution in [1.82, 2.24) is 0 Å². The molecule has 0 saturated heterocycles. The molecule has 16 heavy (non-hydrogen) atoms. The van der Waals surface area contributed by atoms with Crippen LogP contribution in [0, 0.1) is 6.92 Å². The van der Waals surface area contributed by atoms with Crippen LogP contribution < -0.4 is 0 Å². The lowest BCUT2D eigenvalue weighted by atomic mass is 10.0. The summed E-state index contributed by atoms with van der Waals surface area (Å²) in [5.74, 6) is 0.399. The highest BCUT2D eigenvalue weighted by molar-refractivity contribution is 6.17. The van der Waals surface area contributed by atoms with Crippen LogP contribution in [-0.2, 0) is 11.2 Å². The van der Waals surface area contributed by atoms with Crippen LogP contribution in [0.1, 0.15) is 34.8 Å². The summed E-state index contributed by atoms with van der Waals surface area (Å²) < 4.78 is 5.00. The number of benzene rings is 1. The van der Waals surface area contributed by atoms with Crippen LogP contribution in [0.5, 0.6) is 0 Å². The summed E-state index contributed by atoms with van der Waals surface area (Å²) in [7, 11) is 0. The van der Waals surface area contributed by atoms with Gasteiger partial charge in [-0.1, -0.05) is 12.1 Å². The summed E-state index contributed by atoms with van der Waals surface area (Å²) in [6.07, 6.45) is 1.82. The number of esters is 1. The van der Waals surface area contributed by atoms with Gasteiger partial charge in [0.15, 0.2) is 0 Å². The van der Waals surface area contributed by atoms with Gasteiger partial charge in [0.2, 0.25) is 0 Å². The Hall–Kier alpha value is -1.02. The smallest absolute Gasteiger partial charge is 0.338 e. The lowest BCUT2D eigenvalue weighted by Crippen LogP contribution is -2.07. The van der Waals surface area contributed by atoms with Crippen molar-refractivity contribution in [1.29, 1.82) is 0 Å². The number of halogens is 1. The molecule has 0 unspecified atom stereocenters.